The zero-order valence-electron chi connectivity index (χ0n) is 14.8. The molecule has 0 saturated carbocycles. The molecule has 0 aromatic heterocycles. The zero-order valence-corrected chi connectivity index (χ0v) is 14.8. The molecule has 1 aromatic carbocycles. The van der Waals surface area contributed by atoms with Crippen LogP contribution < -0.4 is 21.3 Å². The van der Waals surface area contributed by atoms with Crippen LogP contribution in [0.2, 0.25) is 0 Å². The van der Waals surface area contributed by atoms with E-state index in [1.54, 1.807) is 38.1 Å². The Balaban J connectivity index is 2.59. The van der Waals surface area contributed by atoms with Crippen molar-refractivity contribution in [3.05, 3.63) is 24.3 Å². The van der Waals surface area contributed by atoms with Crippen molar-refractivity contribution < 1.29 is 14.4 Å². The molecule has 4 N–H and O–H groups in total. The number of amides is 4. The predicted molar refractivity (Wildman–Crippen MR) is 94.8 cm³/mol. The molecule has 0 bridgehead atoms. The number of nitrogens with one attached hydrogen (secondary N) is 4. The molecule has 7 nitrogen and oxygen atoms in total. The number of carbonyl (C=O) groups is 3. The van der Waals surface area contributed by atoms with Gasteiger partial charge >= 0.3 is 6.03 Å². The Kier molecular flexibility index (Phi) is 6.76. The normalized spacial score (nSPS) is 12.0. The van der Waals surface area contributed by atoms with Gasteiger partial charge in [-0.2, -0.15) is 0 Å². The highest BCUT2D eigenvalue weighted by atomic mass is 16.2. The van der Waals surface area contributed by atoms with Gasteiger partial charge in [0.25, 0.3) is 0 Å². The largest absolute Gasteiger partial charge is 0.374 e. The molecule has 0 aliphatic rings. The Hall–Kier alpha value is -2.57. The lowest BCUT2D eigenvalue weighted by molar-refractivity contribution is -0.123. The van der Waals surface area contributed by atoms with Gasteiger partial charge in [-0.1, -0.05) is 20.8 Å². The summed E-state index contributed by atoms with van der Waals surface area (Å²) in [4.78, 5) is 35.1. The van der Waals surface area contributed by atoms with Crippen LogP contribution in [0.4, 0.5) is 16.2 Å². The van der Waals surface area contributed by atoms with E-state index in [-0.39, 0.29) is 5.91 Å². The third-order valence-electron chi connectivity index (χ3n) is 3.17. The van der Waals surface area contributed by atoms with Crippen LogP contribution in [0.3, 0.4) is 0 Å². The van der Waals surface area contributed by atoms with Gasteiger partial charge in [0.2, 0.25) is 11.8 Å². The summed E-state index contributed by atoms with van der Waals surface area (Å²) in [5.74, 6) is -0.496. The molecular formula is C17H26N4O3. The lowest BCUT2D eigenvalue weighted by atomic mass is 9.95. The van der Waals surface area contributed by atoms with Gasteiger partial charge < -0.3 is 16.0 Å². The average Bonchev–Trinajstić information content (AvgIpc) is 2.48. The molecule has 1 atom stereocenters. The summed E-state index contributed by atoms with van der Waals surface area (Å²) in [6.07, 6.45) is 0. The van der Waals surface area contributed by atoms with Gasteiger partial charge in [0, 0.05) is 23.3 Å². The van der Waals surface area contributed by atoms with Crippen LogP contribution in [0.25, 0.3) is 0 Å². The summed E-state index contributed by atoms with van der Waals surface area (Å²) in [5.41, 5.74) is 0.921. The summed E-state index contributed by atoms with van der Waals surface area (Å²) >= 11 is 0. The average molecular weight is 334 g/mol. The van der Waals surface area contributed by atoms with Crippen LogP contribution in [0.15, 0.2) is 24.3 Å². The number of benzene rings is 1. The van der Waals surface area contributed by atoms with Crippen molar-refractivity contribution >= 4 is 29.2 Å². The fourth-order valence-electron chi connectivity index (χ4n) is 1.71. The van der Waals surface area contributed by atoms with E-state index < -0.39 is 23.4 Å². The quantitative estimate of drug-likeness (QED) is 0.664. The Bertz CT molecular complexity index is 591. The Morgan fingerprint density at radius 3 is 2.08 bits per heavy atom. The minimum Gasteiger partial charge on any atom is -0.374 e. The van der Waals surface area contributed by atoms with E-state index in [1.165, 1.54) is 0 Å². The second-order valence-electron chi connectivity index (χ2n) is 6.50. The Labute approximate surface area is 142 Å². The second kappa shape index (κ2) is 8.33. The predicted octanol–water partition coefficient (Wildman–Crippen LogP) is 2.32. The molecule has 132 valence electrons. The highest BCUT2D eigenvalue weighted by molar-refractivity contribution is 5.98. The van der Waals surface area contributed by atoms with E-state index in [4.69, 9.17) is 0 Å². The molecule has 1 unspecified atom stereocenters. The zero-order chi connectivity index (χ0) is 18.3. The molecular weight excluding hydrogens is 308 g/mol. The maximum atomic E-state index is 11.9. The van der Waals surface area contributed by atoms with Gasteiger partial charge in [-0.25, -0.2) is 4.79 Å². The second-order valence-corrected chi connectivity index (χ2v) is 6.50. The molecule has 0 aliphatic carbocycles. The Morgan fingerprint density at radius 2 is 1.58 bits per heavy atom. The molecule has 0 radical (unpaired) electrons. The third kappa shape index (κ3) is 6.28. The lowest BCUT2D eigenvalue weighted by Gasteiger charge is -2.18. The highest BCUT2D eigenvalue weighted by Crippen LogP contribution is 2.19. The van der Waals surface area contributed by atoms with Crippen LogP contribution in [0, 0.1) is 5.41 Å². The smallest absolute Gasteiger partial charge is 0.321 e. The summed E-state index contributed by atoms with van der Waals surface area (Å²) < 4.78 is 0. The number of hydrogen-bond acceptors (Lipinski definition) is 4. The van der Waals surface area contributed by atoms with Crippen molar-refractivity contribution in [1.29, 1.82) is 0 Å². The fourth-order valence-corrected chi connectivity index (χ4v) is 1.71. The summed E-state index contributed by atoms with van der Waals surface area (Å²) in [7, 11) is 0. The number of carbonyl (C=O) groups excluding carboxylic acids is 3. The molecule has 0 spiro atoms. The van der Waals surface area contributed by atoms with Crippen LogP contribution in [0.1, 0.15) is 34.6 Å². The number of rotatable bonds is 5. The maximum Gasteiger partial charge on any atom is 0.321 e. The van der Waals surface area contributed by atoms with Crippen molar-refractivity contribution in [2.24, 2.45) is 5.41 Å². The first-order valence-corrected chi connectivity index (χ1v) is 7.90. The van der Waals surface area contributed by atoms with Gasteiger partial charge in [-0.3, -0.25) is 14.9 Å². The summed E-state index contributed by atoms with van der Waals surface area (Å²) in [5, 5.41) is 10.6. The van der Waals surface area contributed by atoms with E-state index >= 15 is 0 Å². The number of anilines is 2. The topological polar surface area (TPSA) is 99.3 Å². The van der Waals surface area contributed by atoms with Gasteiger partial charge in [0.1, 0.15) is 6.04 Å². The van der Waals surface area contributed by atoms with E-state index in [9.17, 15) is 14.4 Å². The summed E-state index contributed by atoms with van der Waals surface area (Å²) in [6, 6.07) is 5.92. The first-order valence-electron chi connectivity index (χ1n) is 7.90. The first-order chi connectivity index (χ1) is 11.1. The molecule has 24 heavy (non-hydrogen) atoms. The Morgan fingerprint density at radius 1 is 1.04 bits per heavy atom. The molecule has 7 heteroatoms. The minimum atomic E-state index is -0.581. The van der Waals surface area contributed by atoms with Gasteiger partial charge in [-0.15, -0.1) is 0 Å². The fraction of sp³-hybridized carbons (Fsp3) is 0.471. The summed E-state index contributed by atoms with van der Waals surface area (Å²) in [6.45, 7) is 9.39. The van der Waals surface area contributed by atoms with Gasteiger partial charge in [0.15, 0.2) is 0 Å². The molecule has 1 aromatic rings. The standard InChI is InChI=1S/C17H26N4O3/c1-6-18-16(24)21-14(22)11(2)19-12-7-9-13(10-8-12)20-15(23)17(3,4)5/h7-11,19H,6H2,1-5H3,(H,20,23)(H2,18,21,22,24). The van der Waals surface area contributed by atoms with Crippen LogP contribution in [0.5, 0.6) is 0 Å². The molecule has 0 fully saturated rings. The van der Waals surface area contributed by atoms with E-state index in [1.807, 2.05) is 20.8 Å². The number of urea groups is 1. The van der Waals surface area contributed by atoms with E-state index in [0.717, 1.165) is 0 Å². The third-order valence-corrected chi connectivity index (χ3v) is 3.17. The van der Waals surface area contributed by atoms with Crippen molar-refractivity contribution in [2.75, 3.05) is 17.2 Å². The van der Waals surface area contributed by atoms with Crippen molar-refractivity contribution in [2.45, 2.75) is 40.7 Å². The van der Waals surface area contributed by atoms with Crippen molar-refractivity contribution in [1.82, 2.24) is 10.6 Å². The van der Waals surface area contributed by atoms with Gasteiger partial charge in [0.05, 0.1) is 0 Å². The lowest BCUT2D eigenvalue weighted by Crippen LogP contribution is -2.45. The molecule has 1 rings (SSSR count). The number of hydrogen-bond donors (Lipinski definition) is 4. The molecule has 0 saturated heterocycles. The van der Waals surface area contributed by atoms with Crippen LogP contribution in [-0.4, -0.2) is 30.4 Å². The SMILES string of the molecule is CCNC(=O)NC(=O)C(C)Nc1ccc(NC(=O)C(C)(C)C)cc1. The van der Waals surface area contributed by atoms with E-state index in [0.29, 0.717) is 17.9 Å². The van der Waals surface area contributed by atoms with Crippen LogP contribution >= 0.6 is 0 Å². The van der Waals surface area contributed by atoms with Crippen molar-refractivity contribution in [3.8, 4) is 0 Å². The van der Waals surface area contributed by atoms with Crippen molar-refractivity contribution in [3.63, 3.8) is 0 Å². The van der Waals surface area contributed by atoms with E-state index in [2.05, 4.69) is 21.3 Å². The van der Waals surface area contributed by atoms with Crippen LogP contribution in [-0.2, 0) is 9.59 Å². The minimum absolute atomic E-state index is 0.0714. The molecule has 0 aliphatic heterocycles. The highest BCUT2D eigenvalue weighted by Gasteiger charge is 2.21. The maximum absolute atomic E-state index is 11.9. The monoisotopic (exact) mass is 334 g/mol. The number of imide groups is 1. The first kappa shape index (κ1) is 19.5. The molecule has 4 amide bonds. The molecule has 0 heterocycles. The van der Waals surface area contributed by atoms with Gasteiger partial charge in [-0.05, 0) is 38.1 Å².